The van der Waals surface area contributed by atoms with Gasteiger partial charge in [0.2, 0.25) is 0 Å². The molecule has 2 aromatic rings. The van der Waals surface area contributed by atoms with Crippen LogP contribution in [-0.2, 0) is 10.0 Å². The van der Waals surface area contributed by atoms with Gasteiger partial charge in [-0.15, -0.1) is 0 Å². The number of carbonyl (C=O) groups is 1. The van der Waals surface area contributed by atoms with Gasteiger partial charge in [-0.2, -0.15) is 0 Å². The number of benzene rings is 2. The molecule has 116 valence electrons. The van der Waals surface area contributed by atoms with Crippen LogP contribution in [0.25, 0.3) is 0 Å². The maximum atomic E-state index is 12.5. The van der Waals surface area contributed by atoms with Crippen LogP contribution < -0.4 is 10.0 Å². The molecule has 0 atom stereocenters. The molecule has 0 aliphatic rings. The predicted octanol–water partition coefficient (Wildman–Crippen LogP) is 2.92. The van der Waals surface area contributed by atoms with E-state index in [2.05, 4.69) is 26.0 Å². The lowest BCUT2D eigenvalue weighted by Crippen LogP contribution is -2.19. The van der Waals surface area contributed by atoms with Crippen molar-refractivity contribution in [3.8, 4) is 0 Å². The first-order valence-corrected chi connectivity index (χ1v) is 8.72. The maximum absolute atomic E-state index is 12.5. The van der Waals surface area contributed by atoms with Gasteiger partial charge >= 0.3 is 0 Å². The summed E-state index contributed by atoms with van der Waals surface area (Å²) in [5.74, 6) is -0.339. The molecule has 2 aromatic carbocycles. The molecule has 5 nitrogen and oxygen atoms in total. The number of amides is 1. The van der Waals surface area contributed by atoms with Crippen LogP contribution in [0.15, 0.2) is 51.8 Å². The van der Waals surface area contributed by atoms with Crippen molar-refractivity contribution in [2.45, 2.75) is 11.8 Å². The third-order valence-corrected chi connectivity index (χ3v) is 5.05. The first-order valence-electron chi connectivity index (χ1n) is 6.44. The predicted molar refractivity (Wildman–Crippen MR) is 89.5 cm³/mol. The van der Waals surface area contributed by atoms with Crippen LogP contribution in [0.4, 0.5) is 5.69 Å². The zero-order valence-electron chi connectivity index (χ0n) is 12.1. The van der Waals surface area contributed by atoms with E-state index in [4.69, 9.17) is 0 Å². The van der Waals surface area contributed by atoms with Gasteiger partial charge < -0.3 is 5.32 Å². The van der Waals surface area contributed by atoms with Gasteiger partial charge in [-0.25, -0.2) is 8.42 Å². The number of anilines is 1. The Hall–Kier alpha value is -1.86. The van der Waals surface area contributed by atoms with Gasteiger partial charge in [0.1, 0.15) is 0 Å². The normalized spacial score (nSPS) is 11.0. The van der Waals surface area contributed by atoms with Crippen LogP contribution in [0.5, 0.6) is 0 Å². The zero-order valence-corrected chi connectivity index (χ0v) is 14.5. The van der Waals surface area contributed by atoms with E-state index in [1.54, 1.807) is 18.2 Å². The minimum Gasteiger partial charge on any atom is -0.355 e. The van der Waals surface area contributed by atoms with Crippen molar-refractivity contribution in [2.75, 3.05) is 11.8 Å². The highest BCUT2D eigenvalue weighted by molar-refractivity contribution is 9.10. The van der Waals surface area contributed by atoms with Crippen molar-refractivity contribution in [1.29, 1.82) is 0 Å². The monoisotopic (exact) mass is 382 g/mol. The Labute approximate surface area is 137 Å². The van der Waals surface area contributed by atoms with Gasteiger partial charge in [0.25, 0.3) is 15.9 Å². The molecule has 0 saturated heterocycles. The molecule has 0 heterocycles. The van der Waals surface area contributed by atoms with Crippen LogP contribution in [0, 0.1) is 6.92 Å². The van der Waals surface area contributed by atoms with Gasteiger partial charge in [-0.05, 0) is 58.7 Å². The molecule has 0 aromatic heterocycles. The molecule has 22 heavy (non-hydrogen) atoms. The van der Waals surface area contributed by atoms with Crippen molar-refractivity contribution in [2.24, 2.45) is 0 Å². The van der Waals surface area contributed by atoms with Crippen molar-refractivity contribution < 1.29 is 13.2 Å². The van der Waals surface area contributed by atoms with Gasteiger partial charge in [0, 0.05) is 17.1 Å². The highest BCUT2D eigenvalue weighted by atomic mass is 79.9. The zero-order chi connectivity index (χ0) is 16.3. The molecule has 2 N–H and O–H groups in total. The number of aryl methyl sites for hydroxylation is 1. The minimum absolute atomic E-state index is 0.0296. The van der Waals surface area contributed by atoms with Gasteiger partial charge in [-0.3, -0.25) is 9.52 Å². The quantitative estimate of drug-likeness (QED) is 0.853. The van der Waals surface area contributed by atoms with Crippen LogP contribution in [0.3, 0.4) is 0 Å². The lowest BCUT2D eigenvalue weighted by atomic mass is 10.2. The van der Waals surface area contributed by atoms with E-state index in [9.17, 15) is 13.2 Å². The summed E-state index contributed by atoms with van der Waals surface area (Å²) in [5, 5.41) is 2.46. The van der Waals surface area contributed by atoms with Crippen LogP contribution >= 0.6 is 15.9 Å². The second kappa shape index (κ2) is 6.50. The van der Waals surface area contributed by atoms with Crippen molar-refractivity contribution in [3.63, 3.8) is 0 Å². The average molecular weight is 383 g/mol. The summed E-state index contributed by atoms with van der Waals surface area (Å²) in [6.07, 6.45) is 0. The van der Waals surface area contributed by atoms with Crippen LogP contribution in [0.1, 0.15) is 15.9 Å². The fourth-order valence-electron chi connectivity index (χ4n) is 1.87. The number of hydrogen-bond acceptors (Lipinski definition) is 3. The summed E-state index contributed by atoms with van der Waals surface area (Å²) in [6, 6.07) is 11.2. The Morgan fingerprint density at radius 1 is 1.14 bits per heavy atom. The van der Waals surface area contributed by atoms with Crippen LogP contribution in [-0.4, -0.2) is 21.4 Å². The number of nitrogens with one attached hydrogen (secondary N) is 2. The van der Waals surface area contributed by atoms with E-state index in [-0.39, 0.29) is 16.4 Å². The van der Waals surface area contributed by atoms with E-state index in [1.165, 1.54) is 25.2 Å². The van der Waals surface area contributed by atoms with E-state index in [0.29, 0.717) is 10.2 Å². The third-order valence-electron chi connectivity index (χ3n) is 3.00. The van der Waals surface area contributed by atoms with Gasteiger partial charge in [-0.1, -0.05) is 12.1 Å². The summed E-state index contributed by atoms with van der Waals surface area (Å²) in [7, 11) is -2.29. The minimum atomic E-state index is -3.78. The molecule has 0 fully saturated rings. The number of halogens is 1. The summed E-state index contributed by atoms with van der Waals surface area (Å²) >= 11 is 3.31. The number of rotatable bonds is 4. The molecule has 2 rings (SSSR count). The Morgan fingerprint density at radius 3 is 2.55 bits per heavy atom. The second-order valence-electron chi connectivity index (χ2n) is 4.70. The second-order valence-corrected chi connectivity index (χ2v) is 7.23. The summed E-state index contributed by atoms with van der Waals surface area (Å²) < 4.78 is 28.1. The molecule has 0 spiro atoms. The molecule has 0 bridgehead atoms. The SMILES string of the molecule is CNC(=O)c1cccc(S(=O)(=O)Nc2cc(C)ccc2Br)c1. The first kappa shape index (κ1) is 16.5. The lowest BCUT2D eigenvalue weighted by molar-refractivity contribution is 0.0963. The molecular weight excluding hydrogens is 368 g/mol. The summed E-state index contributed by atoms with van der Waals surface area (Å²) in [5.41, 5.74) is 1.67. The molecule has 0 unspecified atom stereocenters. The van der Waals surface area contributed by atoms with E-state index in [0.717, 1.165) is 5.56 Å². The van der Waals surface area contributed by atoms with Crippen molar-refractivity contribution in [3.05, 3.63) is 58.1 Å². The molecule has 7 heteroatoms. The van der Waals surface area contributed by atoms with E-state index < -0.39 is 10.0 Å². The Bertz CT molecular complexity index is 819. The number of carbonyl (C=O) groups excluding carboxylic acids is 1. The molecule has 1 amide bonds. The Morgan fingerprint density at radius 2 is 1.86 bits per heavy atom. The molecular formula is C15H15BrN2O3S. The maximum Gasteiger partial charge on any atom is 0.261 e. The first-order chi connectivity index (χ1) is 10.3. The summed E-state index contributed by atoms with van der Waals surface area (Å²) in [4.78, 5) is 11.6. The van der Waals surface area contributed by atoms with Crippen LogP contribution in [0.2, 0.25) is 0 Å². The molecule has 0 saturated carbocycles. The lowest BCUT2D eigenvalue weighted by Gasteiger charge is -2.11. The Balaban J connectivity index is 2.38. The molecule has 0 aliphatic heterocycles. The fraction of sp³-hybridized carbons (Fsp3) is 0.133. The largest absolute Gasteiger partial charge is 0.355 e. The van der Waals surface area contributed by atoms with Crippen molar-refractivity contribution >= 4 is 37.5 Å². The van der Waals surface area contributed by atoms with E-state index in [1.807, 2.05) is 13.0 Å². The highest BCUT2D eigenvalue weighted by Crippen LogP contribution is 2.26. The van der Waals surface area contributed by atoms with Gasteiger partial charge in [0.15, 0.2) is 0 Å². The topological polar surface area (TPSA) is 75.3 Å². The van der Waals surface area contributed by atoms with Crippen molar-refractivity contribution in [1.82, 2.24) is 5.32 Å². The Kier molecular flexibility index (Phi) is 4.87. The summed E-state index contributed by atoms with van der Waals surface area (Å²) in [6.45, 7) is 1.87. The standard InChI is InChI=1S/C15H15BrN2O3S/c1-10-6-7-13(16)14(8-10)18-22(20,21)12-5-3-4-11(9-12)15(19)17-2/h3-9,18H,1-2H3,(H,17,19). The fourth-order valence-corrected chi connectivity index (χ4v) is 3.46. The number of hydrogen-bond donors (Lipinski definition) is 2. The third kappa shape index (κ3) is 3.66. The van der Waals surface area contributed by atoms with Gasteiger partial charge in [0.05, 0.1) is 10.6 Å². The molecule has 0 radical (unpaired) electrons. The highest BCUT2D eigenvalue weighted by Gasteiger charge is 2.17. The average Bonchev–Trinajstić information content (AvgIpc) is 2.50. The number of sulfonamides is 1. The molecule has 0 aliphatic carbocycles. The smallest absolute Gasteiger partial charge is 0.261 e. The van der Waals surface area contributed by atoms with E-state index >= 15 is 0 Å².